The minimum absolute atomic E-state index is 0.329. The average molecular weight is 437 g/mol. The van der Waals surface area contributed by atoms with E-state index in [0.717, 1.165) is 17.3 Å². The van der Waals surface area contributed by atoms with Crippen molar-refractivity contribution in [3.63, 3.8) is 0 Å². The van der Waals surface area contributed by atoms with Gasteiger partial charge in [-0.2, -0.15) is 13.2 Å². The molecule has 162 valence electrons. The summed E-state index contributed by atoms with van der Waals surface area (Å²) < 4.78 is 44.9. The monoisotopic (exact) mass is 437 g/mol. The molecular weight excluding hydrogens is 419 g/mol. The molecule has 0 aliphatic heterocycles. The van der Waals surface area contributed by atoms with Crippen LogP contribution in [-0.2, 0) is 6.18 Å². The van der Waals surface area contributed by atoms with Crippen LogP contribution < -0.4 is 15.4 Å². The molecule has 4 aromatic rings. The molecule has 0 saturated carbocycles. The molecule has 0 radical (unpaired) electrons. The van der Waals surface area contributed by atoms with Crippen LogP contribution >= 0.6 is 0 Å². The van der Waals surface area contributed by atoms with E-state index in [9.17, 15) is 18.0 Å². The van der Waals surface area contributed by atoms with Crippen molar-refractivity contribution in [2.75, 3.05) is 17.7 Å². The zero-order chi connectivity index (χ0) is 22.7. The third-order valence-electron chi connectivity index (χ3n) is 4.80. The lowest BCUT2D eigenvalue weighted by molar-refractivity contribution is -0.136. The summed E-state index contributed by atoms with van der Waals surface area (Å²) in [4.78, 5) is 17.0. The predicted molar refractivity (Wildman–Crippen MR) is 118 cm³/mol. The fraction of sp³-hybridized carbons (Fsp3) is 0.0833. The fourth-order valence-corrected chi connectivity index (χ4v) is 3.32. The lowest BCUT2D eigenvalue weighted by Gasteiger charge is -2.14. The van der Waals surface area contributed by atoms with Crippen LogP contribution in [0, 0.1) is 0 Å². The number of fused-ring (bicyclic) bond motifs is 1. The molecule has 0 spiro atoms. The zero-order valence-electron chi connectivity index (χ0n) is 16.9. The number of hydrogen-bond acceptors (Lipinski definition) is 3. The molecule has 2 amide bonds. The van der Waals surface area contributed by atoms with Crippen molar-refractivity contribution >= 4 is 28.3 Å². The van der Waals surface area contributed by atoms with Crippen LogP contribution in [-0.4, -0.2) is 18.1 Å². The summed E-state index contributed by atoms with van der Waals surface area (Å²) in [5.74, 6) is 0.556. The number of halogens is 3. The van der Waals surface area contributed by atoms with Crippen molar-refractivity contribution < 1.29 is 22.7 Å². The SMILES string of the molecule is COc1cc(-c2ccccc2)nc2ccc(NC(=O)Nc3ccccc3C(F)(F)F)cc12. The van der Waals surface area contributed by atoms with Crippen molar-refractivity contribution in [2.45, 2.75) is 6.18 Å². The molecule has 0 saturated heterocycles. The standard InChI is InChI=1S/C24H18F3N3O2/c1-32-22-14-21(15-7-3-2-4-8-15)29-19-12-11-16(13-17(19)22)28-23(31)30-20-10-6-5-9-18(20)24(25,26)27/h2-14H,1H3,(H2,28,30,31). The lowest BCUT2D eigenvalue weighted by Crippen LogP contribution is -2.21. The maximum absolute atomic E-state index is 13.1. The highest BCUT2D eigenvalue weighted by molar-refractivity contribution is 6.02. The number of nitrogens with one attached hydrogen (secondary N) is 2. The molecule has 2 N–H and O–H groups in total. The highest BCUT2D eigenvalue weighted by Crippen LogP contribution is 2.35. The van der Waals surface area contributed by atoms with Crippen molar-refractivity contribution in [1.29, 1.82) is 0 Å². The summed E-state index contributed by atoms with van der Waals surface area (Å²) in [6.45, 7) is 0. The van der Waals surface area contributed by atoms with Gasteiger partial charge in [0.25, 0.3) is 0 Å². The number of anilines is 2. The highest BCUT2D eigenvalue weighted by Gasteiger charge is 2.33. The molecule has 1 heterocycles. The van der Waals surface area contributed by atoms with Gasteiger partial charge in [0.15, 0.2) is 0 Å². The Kier molecular flexibility index (Phi) is 5.68. The molecule has 3 aromatic carbocycles. The third-order valence-corrected chi connectivity index (χ3v) is 4.80. The fourth-order valence-electron chi connectivity index (χ4n) is 3.32. The molecule has 5 nitrogen and oxygen atoms in total. The summed E-state index contributed by atoms with van der Waals surface area (Å²) >= 11 is 0. The smallest absolute Gasteiger partial charge is 0.418 e. The van der Waals surface area contributed by atoms with E-state index in [4.69, 9.17) is 4.74 Å². The first kappa shape index (κ1) is 21.2. The number of carbonyl (C=O) groups is 1. The first-order chi connectivity index (χ1) is 15.3. The van der Waals surface area contributed by atoms with Crippen molar-refractivity contribution in [1.82, 2.24) is 4.98 Å². The second kappa shape index (κ2) is 8.58. The number of aromatic nitrogens is 1. The number of benzene rings is 3. The van der Waals surface area contributed by atoms with Crippen molar-refractivity contribution in [2.24, 2.45) is 0 Å². The van der Waals surface area contributed by atoms with Crippen LogP contribution in [0.3, 0.4) is 0 Å². The van der Waals surface area contributed by atoms with E-state index in [2.05, 4.69) is 15.6 Å². The number of carbonyl (C=O) groups excluding carboxylic acids is 1. The third kappa shape index (κ3) is 4.49. The Morgan fingerprint density at radius 3 is 2.34 bits per heavy atom. The maximum atomic E-state index is 13.1. The van der Waals surface area contributed by atoms with Gasteiger partial charge in [-0.25, -0.2) is 9.78 Å². The van der Waals surface area contributed by atoms with Crippen LogP contribution in [0.5, 0.6) is 5.75 Å². The van der Waals surface area contributed by atoms with Gasteiger partial charge in [-0.05, 0) is 30.3 Å². The highest BCUT2D eigenvalue weighted by atomic mass is 19.4. The Morgan fingerprint density at radius 2 is 1.62 bits per heavy atom. The minimum Gasteiger partial charge on any atom is -0.496 e. The van der Waals surface area contributed by atoms with Crippen LogP contribution in [0.4, 0.5) is 29.3 Å². The zero-order valence-corrected chi connectivity index (χ0v) is 16.9. The van der Waals surface area contributed by atoms with Gasteiger partial charge in [-0.1, -0.05) is 42.5 Å². The second-order valence-corrected chi connectivity index (χ2v) is 6.93. The molecular formula is C24H18F3N3O2. The van der Waals surface area contributed by atoms with E-state index in [1.807, 2.05) is 30.3 Å². The lowest BCUT2D eigenvalue weighted by atomic mass is 10.1. The van der Waals surface area contributed by atoms with Crippen molar-refractivity contribution in [3.05, 3.63) is 84.4 Å². The summed E-state index contributed by atoms with van der Waals surface area (Å²) in [7, 11) is 1.53. The predicted octanol–water partition coefficient (Wildman–Crippen LogP) is 6.57. The Balaban J connectivity index is 1.60. The van der Waals surface area contributed by atoms with Gasteiger partial charge < -0.3 is 15.4 Å². The summed E-state index contributed by atoms with van der Waals surface area (Å²) in [6, 6.07) is 20.4. The van der Waals surface area contributed by atoms with Crippen LogP contribution in [0.15, 0.2) is 78.9 Å². The Morgan fingerprint density at radius 1 is 0.906 bits per heavy atom. The summed E-state index contributed by atoms with van der Waals surface area (Å²) in [6.07, 6.45) is -4.58. The Labute approximate surface area is 181 Å². The number of urea groups is 1. The number of nitrogens with zero attached hydrogens (tertiary/aromatic N) is 1. The van der Waals surface area contributed by atoms with Crippen LogP contribution in [0.25, 0.3) is 22.2 Å². The minimum atomic E-state index is -4.58. The molecule has 32 heavy (non-hydrogen) atoms. The van der Waals surface area contributed by atoms with Gasteiger partial charge in [0.2, 0.25) is 0 Å². The summed E-state index contributed by atoms with van der Waals surface area (Å²) in [5.41, 5.74) is 1.44. The van der Waals surface area contributed by atoms with E-state index < -0.39 is 17.8 Å². The maximum Gasteiger partial charge on any atom is 0.418 e. The van der Waals surface area contributed by atoms with E-state index in [0.29, 0.717) is 22.3 Å². The number of para-hydroxylation sites is 1. The average Bonchev–Trinajstić information content (AvgIpc) is 2.78. The largest absolute Gasteiger partial charge is 0.496 e. The number of rotatable bonds is 4. The van der Waals surface area contributed by atoms with E-state index >= 15 is 0 Å². The normalized spacial score (nSPS) is 11.2. The number of methoxy groups -OCH3 is 1. The molecule has 0 unspecified atom stereocenters. The number of ether oxygens (including phenoxy) is 1. The molecule has 0 aliphatic rings. The van der Waals surface area contributed by atoms with E-state index in [1.165, 1.54) is 25.3 Å². The van der Waals surface area contributed by atoms with Crippen LogP contribution in [0.1, 0.15) is 5.56 Å². The molecule has 0 atom stereocenters. The van der Waals surface area contributed by atoms with Gasteiger partial charge in [0, 0.05) is 22.7 Å². The van der Waals surface area contributed by atoms with Gasteiger partial charge in [0.05, 0.1) is 29.6 Å². The first-order valence-corrected chi connectivity index (χ1v) is 9.63. The Bertz CT molecular complexity index is 1270. The van der Waals surface area contributed by atoms with Crippen molar-refractivity contribution in [3.8, 4) is 17.0 Å². The summed E-state index contributed by atoms with van der Waals surface area (Å²) in [5, 5.41) is 5.47. The number of amides is 2. The van der Waals surface area contributed by atoms with E-state index in [-0.39, 0.29) is 5.69 Å². The van der Waals surface area contributed by atoms with E-state index in [1.54, 1.807) is 24.3 Å². The van der Waals surface area contributed by atoms with Gasteiger partial charge in [0.1, 0.15) is 5.75 Å². The number of hydrogen-bond donors (Lipinski definition) is 2. The first-order valence-electron chi connectivity index (χ1n) is 9.63. The quantitative estimate of drug-likeness (QED) is 0.379. The number of alkyl halides is 3. The molecule has 0 fully saturated rings. The second-order valence-electron chi connectivity index (χ2n) is 6.93. The molecule has 1 aromatic heterocycles. The van der Waals surface area contributed by atoms with Gasteiger partial charge in [-0.15, -0.1) is 0 Å². The Hall–Kier alpha value is -4.07. The molecule has 0 bridgehead atoms. The molecule has 8 heteroatoms. The molecule has 4 rings (SSSR count). The van der Waals surface area contributed by atoms with Gasteiger partial charge in [-0.3, -0.25) is 0 Å². The number of pyridine rings is 1. The molecule has 0 aliphatic carbocycles. The topological polar surface area (TPSA) is 63.2 Å². The van der Waals surface area contributed by atoms with Crippen LogP contribution in [0.2, 0.25) is 0 Å². The van der Waals surface area contributed by atoms with Gasteiger partial charge >= 0.3 is 12.2 Å².